The second-order valence-corrected chi connectivity index (χ2v) is 8.71. The molecule has 0 spiro atoms. The van der Waals surface area contributed by atoms with Gasteiger partial charge in [0.25, 0.3) is 0 Å². The van der Waals surface area contributed by atoms with Gasteiger partial charge in [-0.25, -0.2) is 27.2 Å². The van der Waals surface area contributed by atoms with Crippen molar-refractivity contribution in [1.82, 2.24) is 19.1 Å². The zero-order chi connectivity index (χ0) is 19.6. The van der Waals surface area contributed by atoms with Crippen LogP contribution in [0.5, 0.6) is 0 Å². The zero-order valence-electron chi connectivity index (χ0n) is 14.7. The molecule has 1 aliphatic carbocycles. The van der Waals surface area contributed by atoms with E-state index < -0.39 is 21.7 Å². The third-order valence-electron chi connectivity index (χ3n) is 4.69. The topological polar surface area (TPSA) is 81.8 Å². The number of aromatic nitrogens is 4. The van der Waals surface area contributed by atoms with E-state index in [1.54, 1.807) is 29.1 Å². The molecule has 2 heterocycles. The smallest absolute Gasteiger partial charge is 0.229 e. The first kappa shape index (κ1) is 17.1. The van der Waals surface area contributed by atoms with Gasteiger partial charge in [-0.15, -0.1) is 0 Å². The lowest BCUT2D eigenvalue weighted by molar-refractivity contribution is 0.510. The average molecular weight is 403 g/mol. The van der Waals surface area contributed by atoms with E-state index in [9.17, 15) is 17.2 Å². The highest BCUT2D eigenvalue weighted by Gasteiger charge is 2.30. The first-order valence-electron chi connectivity index (χ1n) is 8.62. The van der Waals surface area contributed by atoms with Crippen molar-refractivity contribution in [2.75, 3.05) is 11.0 Å². The second kappa shape index (κ2) is 5.74. The van der Waals surface area contributed by atoms with Crippen LogP contribution in [0.1, 0.15) is 18.9 Å². The number of fused-ring (bicyclic) bond motifs is 2. The predicted molar refractivity (Wildman–Crippen MR) is 101 cm³/mol. The maximum atomic E-state index is 13.8. The molecule has 1 aliphatic rings. The summed E-state index contributed by atoms with van der Waals surface area (Å²) in [5.41, 5.74) is 2.59. The fraction of sp³-hybridized carbons (Fsp3) is 0.222. The second-order valence-electron chi connectivity index (χ2n) is 6.96. The van der Waals surface area contributed by atoms with E-state index in [1.165, 1.54) is 6.07 Å². The Bertz CT molecular complexity index is 1360. The predicted octanol–water partition coefficient (Wildman–Crippen LogP) is 3.36. The molecule has 7 nitrogen and oxygen atoms in total. The van der Waals surface area contributed by atoms with Crippen LogP contribution in [0.2, 0.25) is 0 Å². The lowest BCUT2D eigenvalue weighted by Gasteiger charge is -2.09. The van der Waals surface area contributed by atoms with Crippen molar-refractivity contribution in [2.24, 2.45) is 0 Å². The van der Waals surface area contributed by atoms with Gasteiger partial charge in [0.05, 0.1) is 34.0 Å². The van der Waals surface area contributed by atoms with Crippen LogP contribution in [-0.4, -0.2) is 33.8 Å². The fourth-order valence-corrected chi connectivity index (χ4v) is 3.95. The van der Waals surface area contributed by atoms with Gasteiger partial charge in [0, 0.05) is 18.2 Å². The average Bonchev–Trinajstić information content (AvgIpc) is 3.26. The Balaban J connectivity index is 1.70. The first-order valence-corrected chi connectivity index (χ1v) is 10.5. The molecule has 1 fully saturated rings. The summed E-state index contributed by atoms with van der Waals surface area (Å²) in [5.74, 6) is -1.33. The minimum atomic E-state index is -3.40. The van der Waals surface area contributed by atoms with Gasteiger partial charge in [0.15, 0.2) is 11.6 Å². The van der Waals surface area contributed by atoms with Gasteiger partial charge in [0.1, 0.15) is 6.33 Å². The Morgan fingerprint density at radius 2 is 1.82 bits per heavy atom. The van der Waals surface area contributed by atoms with Crippen LogP contribution < -0.4 is 4.72 Å². The van der Waals surface area contributed by atoms with Gasteiger partial charge in [-0.05, 0) is 31.0 Å². The molecule has 0 atom stereocenters. The van der Waals surface area contributed by atoms with Gasteiger partial charge in [-0.3, -0.25) is 9.29 Å². The van der Waals surface area contributed by atoms with Gasteiger partial charge < -0.3 is 4.57 Å². The molecule has 0 saturated heterocycles. The molecule has 0 radical (unpaired) electrons. The molecular formula is C18H15F2N5O2S. The van der Waals surface area contributed by atoms with E-state index >= 15 is 0 Å². The van der Waals surface area contributed by atoms with E-state index in [0.29, 0.717) is 33.7 Å². The third-order valence-corrected chi connectivity index (χ3v) is 5.30. The molecule has 28 heavy (non-hydrogen) atoms. The van der Waals surface area contributed by atoms with Crippen molar-refractivity contribution in [1.29, 1.82) is 0 Å². The highest BCUT2D eigenvalue weighted by Crippen LogP contribution is 2.40. The summed E-state index contributed by atoms with van der Waals surface area (Å²) >= 11 is 0. The molecular weight excluding hydrogens is 388 g/mol. The number of sulfonamides is 1. The number of nitrogens with one attached hydrogen (secondary N) is 1. The minimum absolute atomic E-state index is 0.175. The summed E-state index contributed by atoms with van der Waals surface area (Å²) in [4.78, 5) is 8.86. The van der Waals surface area contributed by atoms with Crippen LogP contribution in [0.4, 0.5) is 14.5 Å². The molecule has 2 aromatic carbocycles. The number of imidazole rings is 2. The van der Waals surface area contributed by atoms with Crippen LogP contribution in [0.3, 0.4) is 0 Å². The fourth-order valence-electron chi connectivity index (χ4n) is 3.39. The SMILES string of the molecule is CS(=O)(=O)Nc1ccc2c(c1)ncn2-c1nc2cc(F)c(F)cc2n1C1CC1. The van der Waals surface area contributed by atoms with E-state index in [1.807, 2.05) is 4.57 Å². The van der Waals surface area contributed by atoms with Gasteiger partial charge >= 0.3 is 0 Å². The van der Waals surface area contributed by atoms with Crippen molar-refractivity contribution in [3.05, 3.63) is 48.3 Å². The monoisotopic (exact) mass is 403 g/mol. The van der Waals surface area contributed by atoms with Crippen molar-refractivity contribution in [3.8, 4) is 5.95 Å². The van der Waals surface area contributed by atoms with Gasteiger partial charge in [-0.2, -0.15) is 0 Å². The summed E-state index contributed by atoms with van der Waals surface area (Å²) in [7, 11) is -3.40. The molecule has 0 amide bonds. The number of nitrogens with zero attached hydrogens (tertiary/aromatic N) is 4. The van der Waals surface area contributed by atoms with E-state index in [0.717, 1.165) is 25.2 Å². The molecule has 0 unspecified atom stereocenters. The van der Waals surface area contributed by atoms with Gasteiger partial charge in [0.2, 0.25) is 16.0 Å². The summed E-state index contributed by atoms with van der Waals surface area (Å²) in [6, 6.07) is 7.43. The largest absolute Gasteiger partial charge is 0.306 e. The Kier molecular flexibility index (Phi) is 3.51. The molecule has 0 aliphatic heterocycles. The van der Waals surface area contributed by atoms with Gasteiger partial charge in [-0.1, -0.05) is 0 Å². The number of hydrogen-bond donors (Lipinski definition) is 1. The number of halogens is 2. The first-order chi connectivity index (χ1) is 13.3. The molecule has 1 N–H and O–H groups in total. The van der Waals surface area contributed by atoms with E-state index in [-0.39, 0.29) is 6.04 Å². The number of benzene rings is 2. The van der Waals surface area contributed by atoms with Crippen LogP contribution in [0.25, 0.3) is 28.0 Å². The molecule has 10 heteroatoms. The molecule has 0 bridgehead atoms. The highest BCUT2D eigenvalue weighted by atomic mass is 32.2. The van der Waals surface area contributed by atoms with Crippen molar-refractivity contribution in [2.45, 2.75) is 18.9 Å². The normalized spacial score (nSPS) is 14.8. The van der Waals surface area contributed by atoms with Crippen molar-refractivity contribution in [3.63, 3.8) is 0 Å². The Morgan fingerprint density at radius 3 is 2.54 bits per heavy atom. The minimum Gasteiger partial charge on any atom is -0.306 e. The Morgan fingerprint density at radius 1 is 1.07 bits per heavy atom. The summed E-state index contributed by atoms with van der Waals surface area (Å²) < 4.78 is 56.4. The van der Waals surface area contributed by atoms with Crippen molar-refractivity contribution < 1.29 is 17.2 Å². The number of rotatable bonds is 4. The molecule has 1 saturated carbocycles. The lowest BCUT2D eigenvalue weighted by atomic mass is 10.3. The zero-order valence-corrected chi connectivity index (χ0v) is 15.5. The van der Waals surface area contributed by atoms with Crippen LogP contribution >= 0.6 is 0 Å². The molecule has 5 rings (SSSR count). The molecule has 4 aromatic rings. The molecule has 144 valence electrons. The summed E-state index contributed by atoms with van der Waals surface area (Å²) in [5, 5.41) is 0. The Hall–Kier alpha value is -3.01. The Labute approximate surface area is 158 Å². The van der Waals surface area contributed by atoms with E-state index in [4.69, 9.17) is 0 Å². The van der Waals surface area contributed by atoms with Crippen molar-refractivity contribution >= 4 is 37.8 Å². The lowest BCUT2D eigenvalue weighted by Crippen LogP contribution is -2.09. The molecule has 2 aromatic heterocycles. The van der Waals surface area contributed by atoms with Crippen LogP contribution in [-0.2, 0) is 10.0 Å². The summed E-state index contributed by atoms with van der Waals surface area (Å²) in [6.45, 7) is 0. The number of hydrogen-bond acceptors (Lipinski definition) is 4. The summed E-state index contributed by atoms with van der Waals surface area (Å²) in [6.07, 6.45) is 4.52. The van der Waals surface area contributed by atoms with Crippen LogP contribution in [0.15, 0.2) is 36.7 Å². The quantitative estimate of drug-likeness (QED) is 0.567. The van der Waals surface area contributed by atoms with E-state index in [2.05, 4.69) is 14.7 Å². The maximum Gasteiger partial charge on any atom is 0.229 e. The third kappa shape index (κ3) is 2.80. The highest BCUT2D eigenvalue weighted by molar-refractivity contribution is 7.92. The van der Waals surface area contributed by atoms with Crippen LogP contribution in [0, 0.1) is 11.6 Å². The standard InChI is InChI=1S/C18H15F2N5O2S/c1-28(26,27)23-10-2-5-16-14(6-10)21-9-24(16)18-22-15-7-12(19)13(20)8-17(15)25(18)11-3-4-11/h2,5-9,11,23H,3-4H2,1H3. The maximum absolute atomic E-state index is 13.8. The number of anilines is 1.